The summed E-state index contributed by atoms with van der Waals surface area (Å²) in [4.78, 5) is 36.2. The number of thiocarbonyl (C=S) groups is 1. The first-order chi connectivity index (χ1) is 14.2. The second-order valence-corrected chi connectivity index (χ2v) is 11.0. The molecule has 0 saturated carbocycles. The molecule has 0 amide bonds. The van der Waals surface area contributed by atoms with Crippen molar-refractivity contribution in [2.75, 3.05) is 0 Å². The third kappa shape index (κ3) is 4.41. The second-order valence-electron chi connectivity index (χ2n) is 9.08. The monoisotopic (exact) mass is 463 g/mol. The van der Waals surface area contributed by atoms with Crippen LogP contribution in [-0.4, -0.2) is 54.0 Å². The van der Waals surface area contributed by atoms with Crippen LogP contribution in [0.25, 0.3) is 0 Å². The third-order valence-corrected chi connectivity index (χ3v) is 7.90. The molecule has 1 aromatic carbocycles. The smallest absolute Gasteiger partial charge is 0.328 e. The summed E-state index contributed by atoms with van der Waals surface area (Å²) in [5.74, 6) is -1.63. The Kier molecular flexibility index (Phi) is 7.07. The number of carbonyl (C=O) groups excluding carboxylic acids is 1. The van der Waals surface area contributed by atoms with Gasteiger partial charge in [0.25, 0.3) is 0 Å². The van der Waals surface area contributed by atoms with Crippen LogP contribution in [0.5, 0.6) is 0 Å². The van der Waals surface area contributed by atoms with Gasteiger partial charge in [0.2, 0.25) is 0 Å². The van der Waals surface area contributed by atoms with E-state index in [0.29, 0.717) is 4.99 Å². The number of rotatable bonds is 5. The van der Waals surface area contributed by atoms with Gasteiger partial charge in [-0.1, -0.05) is 48.6 Å². The van der Waals surface area contributed by atoms with Crippen LogP contribution < -0.4 is 0 Å². The van der Waals surface area contributed by atoms with Gasteiger partial charge in [0.15, 0.2) is 0 Å². The second kappa shape index (κ2) is 8.74. The Morgan fingerprint density at radius 2 is 1.74 bits per heavy atom. The average Bonchev–Trinajstić information content (AvgIpc) is 2.98. The molecule has 0 aromatic heterocycles. The van der Waals surface area contributed by atoms with Gasteiger partial charge in [-0.2, -0.15) is 0 Å². The summed E-state index contributed by atoms with van der Waals surface area (Å²) in [6.45, 7) is 12.2. The van der Waals surface area contributed by atoms with E-state index < -0.39 is 33.6 Å². The summed E-state index contributed by atoms with van der Waals surface area (Å²) in [6, 6.07) is 8.92. The quantitative estimate of drug-likeness (QED) is 0.497. The standard InChI is InChI=1S/C18H19NO3S2.C5H10O2/c1-4-17(3)13(14(21)22)19-15(23)18(10-11(2)20,16(19)24-17)12-8-6-5-7-9-12;1-5(2,3)4(6)7/h4-9,13,16H,1,10H2,2-3H3,(H,21,22);1-3H3,(H,6,7)/t13-,16+,17-,18+;/m0./s1. The summed E-state index contributed by atoms with van der Waals surface area (Å²) in [5.41, 5.74) is -0.238. The fourth-order valence-corrected chi connectivity index (χ4v) is 6.24. The number of benzene rings is 1. The number of carbonyl (C=O) groups is 3. The fraction of sp³-hybridized carbons (Fsp3) is 0.478. The highest BCUT2D eigenvalue weighted by Gasteiger charge is 2.69. The van der Waals surface area contributed by atoms with Crippen molar-refractivity contribution in [2.24, 2.45) is 5.41 Å². The van der Waals surface area contributed by atoms with Crippen molar-refractivity contribution in [2.45, 2.75) is 62.6 Å². The molecule has 2 fully saturated rings. The number of hydrogen-bond donors (Lipinski definition) is 2. The lowest BCUT2D eigenvalue weighted by Gasteiger charge is -2.56. The van der Waals surface area contributed by atoms with Crippen LogP contribution >= 0.6 is 24.0 Å². The largest absolute Gasteiger partial charge is 0.481 e. The first-order valence-electron chi connectivity index (χ1n) is 9.87. The number of fused-ring (bicyclic) bond motifs is 1. The summed E-state index contributed by atoms with van der Waals surface area (Å²) in [6.07, 6.45) is 1.96. The SMILES string of the molecule is C=C[C@]1(C)S[C@H]2N(C(=S)[C@@]2(CC(C)=O)c2ccccc2)[C@H]1C(=O)O.CC(C)(C)C(=O)O. The minimum Gasteiger partial charge on any atom is -0.481 e. The van der Waals surface area contributed by atoms with Gasteiger partial charge in [-0.15, -0.1) is 18.3 Å². The minimum absolute atomic E-state index is 0.0422. The van der Waals surface area contributed by atoms with E-state index in [-0.39, 0.29) is 17.6 Å². The van der Waals surface area contributed by atoms with Gasteiger partial charge in [-0.25, -0.2) is 4.79 Å². The zero-order valence-corrected chi connectivity index (χ0v) is 20.0. The Morgan fingerprint density at radius 1 is 1.23 bits per heavy atom. The molecule has 168 valence electrons. The predicted molar refractivity (Wildman–Crippen MR) is 126 cm³/mol. The van der Waals surface area contributed by atoms with Gasteiger partial charge in [0.1, 0.15) is 11.8 Å². The van der Waals surface area contributed by atoms with Crippen molar-refractivity contribution in [1.29, 1.82) is 0 Å². The molecule has 8 heteroatoms. The fourth-order valence-electron chi connectivity index (χ4n) is 3.79. The zero-order chi connectivity index (χ0) is 23.8. The van der Waals surface area contributed by atoms with E-state index in [1.807, 2.05) is 37.3 Å². The molecule has 2 aliphatic rings. The van der Waals surface area contributed by atoms with Crippen molar-refractivity contribution in [3.05, 3.63) is 48.6 Å². The zero-order valence-electron chi connectivity index (χ0n) is 18.4. The molecule has 0 bridgehead atoms. The highest BCUT2D eigenvalue weighted by molar-refractivity contribution is 8.02. The molecular weight excluding hydrogens is 434 g/mol. The molecule has 2 aliphatic heterocycles. The van der Waals surface area contributed by atoms with E-state index in [9.17, 15) is 19.5 Å². The van der Waals surface area contributed by atoms with E-state index in [1.54, 1.807) is 38.7 Å². The first kappa shape index (κ1) is 25.1. The topological polar surface area (TPSA) is 94.9 Å². The lowest BCUT2D eigenvalue weighted by atomic mass is 9.68. The predicted octanol–water partition coefficient (Wildman–Crippen LogP) is 4.13. The Balaban J connectivity index is 0.000000423. The Bertz CT molecular complexity index is 910. The molecule has 0 spiro atoms. The molecule has 6 nitrogen and oxygen atoms in total. The minimum atomic E-state index is -0.917. The lowest BCUT2D eigenvalue weighted by molar-refractivity contribution is -0.146. The van der Waals surface area contributed by atoms with E-state index in [2.05, 4.69) is 6.58 Å². The third-order valence-electron chi connectivity index (χ3n) is 5.57. The molecule has 1 aromatic rings. The van der Waals surface area contributed by atoms with Gasteiger partial charge >= 0.3 is 11.9 Å². The van der Waals surface area contributed by atoms with E-state index in [0.717, 1.165) is 5.56 Å². The van der Waals surface area contributed by atoms with E-state index in [4.69, 9.17) is 17.3 Å². The maximum Gasteiger partial charge on any atom is 0.328 e. The van der Waals surface area contributed by atoms with Gasteiger partial charge in [0.05, 0.1) is 25.9 Å². The van der Waals surface area contributed by atoms with Crippen LogP contribution in [0.1, 0.15) is 46.6 Å². The molecule has 2 saturated heterocycles. The van der Waals surface area contributed by atoms with E-state index >= 15 is 0 Å². The van der Waals surface area contributed by atoms with Gasteiger partial charge in [-0.05, 0) is 40.2 Å². The number of ketones is 1. The van der Waals surface area contributed by atoms with Crippen LogP contribution in [0.15, 0.2) is 43.0 Å². The summed E-state index contributed by atoms with van der Waals surface area (Å²) in [7, 11) is 0. The highest BCUT2D eigenvalue weighted by atomic mass is 32.2. The Morgan fingerprint density at radius 3 is 2.13 bits per heavy atom. The van der Waals surface area contributed by atoms with Crippen molar-refractivity contribution in [1.82, 2.24) is 4.90 Å². The number of aliphatic carboxylic acids is 2. The number of hydrogen-bond acceptors (Lipinski definition) is 5. The van der Waals surface area contributed by atoms with Crippen molar-refractivity contribution in [3.8, 4) is 0 Å². The lowest BCUT2D eigenvalue weighted by Crippen LogP contribution is -2.71. The van der Waals surface area contributed by atoms with Crippen LogP contribution in [0, 0.1) is 5.41 Å². The van der Waals surface area contributed by atoms with Crippen molar-refractivity contribution < 1.29 is 24.6 Å². The van der Waals surface area contributed by atoms with Crippen LogP contribution in [-0.2, 0) is 19.8 Å². The molecular formula is C23H29NO5S2. The molecule has 0 aliphatic carbocycles. The first-order valence-corrected chi connectivity index (χ1v) is 11.2. The number of Topliss-reactive ketones (excluding diaryl/α,β-unsaturated/α-hetero) is 1. The Labute approximate surface area is 192 Å². The number of carboxylic acids is 2. The molecule has 31 heavy (non-hydrogen) atoms. The number of carboxylic acid groups (broad SMARTS) is 2. The van der Waals surface area contributed by atoms with Crippen LogP contribution in [0.3, 0.4) is 0 Å². The summed E-state index contributed by atoms with van der Waals surface area (Å²) < 4.78 is -0.659. The number of nitrogens with zero attached hydrogens (tertiary/aromatic N) is 1. The number of thioether (sulfide) groups is 1. The van der Waals surface area contributed by atoms with Crippen LogP contribution in [0.4, 0.5) is 0 Å². The summed E-state index contributed by atoms with van der Waals surface area (Å²) in [5, 5.41) is 17.8. The maximum absolute atomic E-state index is 12.0. The molecule has 3 rings (SSSR count). The maximum atomic E-state index is 12.0. The van der Waals surface area contributed by atoms with E-state index in [1.165, 1.54) is 11.8 Å². The van der Waals surface area contributed by atoms with Gasteiger partial charge in [-0.3, -0.25) is 9.59 Å². The van der Waals surface area contributed by atoms with Gasteiger partial charge < -0.3 is 15.1 Å². The molecule has 0 radical (unpaired) electrons. The van der Waals surface area contributed by atoms with Gasteiger partial charge in [0, 0.05) is 6.42 Å². The van der Waals surface area contributed by atoms with Crippen LogP contribution in [0.2, 0.25) is 0 Å². The molecule has 0 unspecified atom stereocenters. The molecule has 4 atom stereocenters. The Hall–Kier alpha value is -2.19. The average molecular weight is 464 g/mol. The normalized spacial score (nSPS) is 29.2. The highest BCUT2D eigenvalue weighted by Crippen LogP contribution is 2.61. The summed E-state index contributed by atoms with van der Waals surface area (Å²) >= 11 is 7.20. The van der Waals surface area contributed by atoms with Crippen molar-refractivity contribution >= 4 is 46.7 Å². The molecule has 2 heterocycles. The van der Waals surface area contributed by atoms with Crippen molar-refractivity contribution in [3.63, 3.8) is 0 Å². The molecule has 2 N–H and O–H groups in total.